The van der Waals surface area contributed by atoms with E-state index in [0.717, 1.165) is 58.5 Å². The number of aromatic nitrogens is 1. The minimum atomic E-state index is -0.589. The Morgan fingerprint density at radius 2 is 1.98 bits per heavy atom. The van der Waals surface area contributed by atoms with Gasteiger partial charge in [-0.15, -0.1) is 0 Å². The molecule has 1 aliphatic carbocycles. The summed E-state index contributed by atoms with van der Waals surface area (Å²) in [5, 5.41) is 6.32. The summed E-state index contributed by atoms with van der Waals surface area (Å²) >= 11 is 0. The second kappa shape index (κ2) is 12.9. The van der Waals surface area contributed by atoms with Crippen LogP contribution in [-0.2, 0) is 4.74 Å². The first-order valence-electron chi connectivity index (χ1n) is 14.2. The average molecular weight is 567 g/mol. The van der Waals surface area contributed by atoms with Crippen molar-refractivity contribution in [3.63, 3.8) is 0 Å². The Morgan fingerprint density at radius 1 is 1.15 bits per heavy atom. The van der Waals surface area contributed by atoms with E-state index < -0.39 is 11.8 Å². The number of nitrogens with one attached hydrogen (secondary N) is 2. The van der Waals surface area contributed by atoms with E-state index in [1.54, 1.807) is 25.4 Å². The standard InChI is InChI=1S/C31H39FN4O5/c1-31(2)9-4-5-21(20-31)34-30(37)35-25-7-6-22(17-24(25)32)41-27-8-10-33-26-19-29(28(38-3)18-23(26)27)40-16-13-36-11-14-39-15-12-36/h6-8,10,17-19,21H,4-5,9,11-16,20H2,1-3H3,(H2,34,35,37). The molecule has 2 heterocycles. The second-order valence-corrected chi connectivity index (χ2v) is 11.4. The number of hydrogen-bond acceptors (Lipinski definition) is 7. The first-order chi connectivity index (χ1) is 19.8. The maximum Gasteiger partial charge on any atom is 0.319 e. The highest BCUT2D eigenvalue weighted by Crippen LogP contribution is 2.38. The number of carbonyl (C=O) groups excluding carboxylic acids is 1. The molecule has 2 aromatic carbocycles. The van der Waals surface area contributed by atoms with Gasteiger partial charge in [-0.1, -0.05) is 20.3 Å². The van der Waals surface area contributed by atoms with Crippen molar-refractivity contribution in [1.82, 2.24) is 15.2 Å². The number of hydrogen-bond donors (Lipinski definition) is 2. The van der Waals surface area contributed by atoms with Crippen LogP contribution in [0.25, 0.3) is 10.9 Å². The van der Waals surface area contributed by atoms with E-state index in [1.165, 1.54) is 12.1 Å². The number of morpholine rings is 1. The zero-order valence-corrected chi connectivity index (χ0v) is 24.0. The summed E-state index contributed by atoms with van der Waals surface area (Å²) in [5.74, 6) is 1.34. The topological polar surface area (TPSA) is 94.2 Å². The third-order valence-corrected chi connectivity index (χ3v) is 7.71. The molecule has 220 valence electrons. The first kappa shape index (κ1) is 28.9. The number of halogens is 1. The Bertz CT molecular complexity index is 1360. The number of ether oxygens (including phenoxy) is 4. The molecule has 1 saturated carbocycles. The van der Waals surface area contributed by atoms with Crippen LogP contribution in [0.15, 0.2) is 42.6 Å². The fourth-order valence-electron chi connectivity index (χ4n) is 5.55. The van der Waals surface area contributed by atoms with E-state index in [4.69, 9.17) is 18.9 Å². The zero-order valence-electron chi connectivity index (χ0n) is 24.0. The summed E-state index contributed by atoms with van der Waals surface area (Å²) in [4.78, 5) is 19.3. The van der Waals surface area contributed by atoms with Crippen LogP contribution in [-0.4, -0.2) is 68.5 Å². The van der Waals surface area contributed by atoms with Gasteiger partial charge >= 0.3 is 6.03 Å². The number of anilines is 1. The van der Waals surface area contributed by atoms with Crippen molar-refractivity contribution in [2.45, 2.75) is 45.6 Å². The van der Waals surface area contributed by atoms with Gasteiger partial charge in [0.05, 0.1) is 31.5 Å². The molecule has 2 N–H and O–H groups in total. The van der Waals surface area contributed by atoms with Crippen LogP contribution >= 0.6 is 0 Å². The normalized spacial score (nSPS) is 19.0. The van der Waals surface area contributed by atoms with Gasteiger partial charge in [-0.2, -0.15) is 0 Å². The molecule has 10 heteroatoms. The zero-order chi connectivity index (χ0) is 28.8. The minimum absolute atomic E-state index is 0.0806. The van der Waals surface area contributed by atoms with Gasteiger partial charge in [0.2, 0.25) is 0 Å². The van der Waals surface area contributed by atoms with Crippen LogP contribution < -0.4 is 24.8 Å². The van der Waals surface area contributed by atoms with Crippen molar-refractivity contribution in [1.29, 1.82) is 0 Å². The maximum atomic E-state index is 15.0. The summed E-state index contributed by atoms with van der Waals surface area (Å²) < 4.78 is 38.1. The van der Waals surface area contributed by atoms with Crippen molar-refractivity contribution in [2.24, 2.45) is 5.41 Å². The Kier molecular flexibility index (Phi) is 9.09. The third-order valence-electron chi connectivity index (χ3n) is 7.71. The Labute approximate surface area is 240 Å². The van der Waals surface area contributed by atoms with Crippen molar-refractivity contribution >= 4 is 22.6 Å². The van der Waals surface area contributed by atoms with E-state index in [1.807, 2.05) is 12.1 Å². The lowest BCUT2D eigenvalue weighted by Crippen LogP contribution is -2.42. The monoisotopic (exact) mass is 566 g/mol. The van der Waals surface area contributed by atoms with Gasteiger partial charge in [0.1, 0.15) is 23.9 Å². The number of urea groups is 1. The molecule has 41 heavy (non-hydrogen) atoms. The molecule has 2 fully saturated rings. The number of amides is 2. The molecule has 3 aromatic rings. The number of methoxy groups -OCH3 is 1. The predicted octanol–water partition coefficient (Wildman–Crippen LogP) is 5.98. The Hall–Kier alpha value is -3.63. The van der Waals surface area contributed by atoms with Crippen molar-refractivity contribution in [2.75, 3.05) is 51.9 Å². The number of benzene rings is 2. The number of nitrogens with zero attached hydrogens (tertiary/aromatic N) is 2. The lowest BCUT2D eigenvalue weighted by molar-refractivity contribution is 0.0321. The highest BCUT2D eigenvalue weighted by Gasteiger charge is 2.29. The van der Waals surface area contributed by atoms with Crippen molar-refractivity contribution in [3.05, 3.63) is 48.4 Å². The van der Waals surface area contributed by atoms with Gasteiger partial charge in [-0.05, 0) is 48.9 Å². The van der Waals surface area contributed by atoms with Gasteiger partial charge in [0, 0.05) is 49.4 Å². The number of fused-ring (bicyclic) bond motifs is 1. The average Bonchev–Trinajstić information content (AvgIpc) is 2.94. The van der Waals surface area contributed by atoms with Crippen LogP contribution in [0, 0.1) is 11.2 Å². The molecule has 0 bridgehead atoms. The number of rotatable bonds is 9. The van der Waals surface area contributed by atoms with Gasteiger partial charge in [0.15, 0.2) is 11.5 Å². The summed E-state index contributed by atoms with van der Waals surface area (Å²) in [7, 11) is 1.58. The molecule has 1 atom stereocenters. The van der Waals surface area contributed by atoms with E-state index in [-0.39, 0.29) is 17.1 Å². The van der Waals surface area contributed by atoms with Crippen LogP contribution in [0.2, 0.25) is 0 Å². The third kappa shape index (κ3) is 7.56. The summed E-state index contributed by atoms with van der Waals surface area (Å²) in [5.41, 5.74) is 0.940. The number of pyridine rings is 1. The molecule has 1 aromatic heterocycles. The minimum Gasteiger partial charge on any atom is -0.493 e. The molecule has 1 aliphatic heterocycles. The lowest BCUT2D eigenvalue weighted by atomic mass is 9.75. The molecule has 0 spiro atoms. The molecule has 1 saturated heterocycles. The lowest BCUT2D eigenvalue weighted by Gasteiger charge is -2.35. The molecular weight excluding hydrogens is 527 g/mol. The Morgan fingerprint density at radius 3 is 2.73 bits per heavy atom. The molecule has 2 amide bonds. The second-order valence-electron chi connectivity index (χ2n) is 11.4. The van der Waals surface area contributed by atoms with E-state index in [0.29, 0.717) is 40.5 Å². The van der Waals surface area contributed by atoms with Crippen LogP contribution in [0.4, 0.5) is 14.9 Å². The van der Waals surface area contributed by atoms with Crippen LogP contribution in [0.3, 0.4) is 0 Å². The fraction of sp³-hybridized carbons (Fsp3) is 0.484. The highest BCUT2D eigenvalue weighted by molar-refractivity contribution is 5.90. The quantitative estimate of drug-likeness (QED) is 0.329. The molecule has 0 radical (unpaired) electrons. The summed E-state index contributed by atoms with van der Waals surface area (Å²) in [6.07, 6.45) is 5.68. The largest absolute Gasteiger partial charge is 0.493 e. The predicted molar refractivity (Wildman–Crippen MR) is 156 cm³/mol. The van der Waals surface area contributed by atoms with Crippen molar-refractivity contribution < 1.29 is 28.1 Å². The smallest absolute Gasteiger partial charge is 0.319 e. The molecule has 1 unspecified atom stereocenters. The summed E-state index contributed by atoms with van der Waals surface area (Å²) in [6.45, 7) is 8.98. The SMILES string of the molecule is COc1cc2c(Oc3ccc(NC(=O)NC4CCCC(C)(C)C4)c(F)c3)ccnc2cc1OCCN1CCOCC1. The van der Waals surface area contributed by atoms with Gasteiger partial charge in [-0.25, -0.2) is 9.18 Å². The van der Waals surface area contributed by atoms with Gasteiger partial charge in [-0.3, -0.25) is 9.88 Å². The van der Waals surface area contributed by atoms with E-state index >= 15 is 0 Å². The molecule has 2 aliphatic rings. The fourth-order valence-corrected chi connectivity index (χ4v) is 5.55. The molecular formula is C31H39FN4O5. The van der Waals surface area contributed by atoms with E-state index in [2.05, 4.69) is 34.4 Å². The maximum absolute atomic E-state index is 15.0. The van der Waals surface area contributed by atoms with Crippen molar-refractivity contribution in [3.8, 4) is 23.0 Å². The van der Waals surface area contributed by atoms with Crippen LogP contribution in [0.5, 0.6) is 23.0 Å². The van der Waals surface area contributed by atoms with Gasteiger partial charge in [0.25, 0.3) is 0 Å². The molecule has 9 nitrogen and oxygen atoms in total. The first-order valence-corrected chi connectivity index (χ1v) is 14.2. The van der Waals surface area contributed by atoms with E-state index in [9.17, 15) is 9.18 Å². The summed E-state index contributed by atoms with van der Waals surface area (Å²) in [6, 6.07) is 9.39. The number of carbonyl (C=O) groups is 1. The Balaban J connectivity index is 1.24. The molecule has 5 rings (SSSR count). The van der Waals surface area contributed by atoms with Gasteiger partial charge < -0.3 is 29.6 Å². The van der Waals surface area contributed by atoms with Crippen LogP contribution in [0.1, 0.15) is 39.5 Å². The highest BCUT2D eigenvalue weighted by atomic mass is 19.1.